The normalized spacial score (nSPS) is 13.0. The van der Waals surface area contributed by atoms with Gasteiger partial charge in [-0.1, -0.05) is 55.0 Å². The highest BCUT2D eigenvalue weighted by Gasteiger charge is 2.20. The van der Waals surface area contributed by atoms with Crippen LogP contribution in [0, 0.1) is 13.8 Å². The van der Waals surface area contributed by atoms with Crippen molar-refractivity contribution in [1.29, 1.82) is 0 Å². The maximum Gasteiger partial charge on any atom is 0.307 e. The van der Waals surface area contributed by atoms with Crippen LogP contribution in [-0.2, 0) is 14.3 Å². The van der Waals surface area contributed by atoms with E-state index in [4.69, 9.17) is 4.74 Å². The number of benzene rings is 2. The Bertz CT molecular complexity index is 740. The van der Waals surface area contributed by atoms with Gasteiger partial charge in [0.25, 0.3) is 5.91 Å². The van der Waals surface area contributed by atoms with Crippen LogP contribution in [0.25, 0.3) is 0 Å². The lowest BCUT2D eigenvalue weighted by atomic mass is 9.98. The van der Waals surface area contributed by atoms with E-state index in [1.54, 1.807) is 6.92 Å². The van der Waals surface area contributed by atoms with Crippen LogP contribution in [0.1, 0.15) is 42.9 Å². The summed E-state index contributed by atoms with van der Waals surface area (Å²) in [6, 6.07) is 15.6. The molecule has 2 atom stereocenters. The van der Waals surface area contributed by atoms with Gasteiger partial charge in [-0.25, -0.2) is 0 Å². The van der Waals surface area contributed by atoms with Crippen LogP contribution >= 0.6 is 0 Å². The number of carbonyl (C=O) groups is 2. The molecule has 1 N–H and O–H groups in total. The summed E-state index contributed by atoms with van der Waals surface area (Å²) >= 11 is 0. The average molecular weight is 339 g/mol. The van der Waals surface area contributed by atoms with E-state index in [1.165, 1.54) is 0 Å². The smallest absolute Gasteiger partial charge is 0.307 e. The molecule has 0 spiro atoms. The molecule has 4 nitrogen and oxygen atoms in total. The monoisotopic (exact) mass is 339 g/mol. The first-order valence-electron chi connectivity index (χ1n) is 8.49. The van der Waals surface area contributed by atoms with E-state index in [9.17, 15) is 9.59 Å². The number of hydrogen-bond donors (Lipinski definition) is 1. The van der Waals surface area contributed by atoms with E-state index in [0.717, 1.165) is 22.4 Å². The molecule has 4 heteroatoms. The van der Waals surface area contributed by atoms with E-state index < -0.39 is 6.10 Å². The minimum absolute atomic E-state index is 0.0447. The second-order valence-corrected chi connectivity index (χ2v) is 6.46. The molecule has 0 aliphatic heterocycles. The van der Waals surface area contributed by atoms with Crippen LogP contribution in [-0.4, -0.2) is 18.0 Å². The van der Waals surface area contributed by atoms with Crippen molar-refractivity contribution in [2.75, 3.05) is 5.32 Å². The number of aryl methyl sites for hydroxylation is 2. The minimum atomic E-state index is -0.837. The van der Waals surface area contributed by atoms with Crippen LogP contribution in [0.4, 0.5) is 5.69 Å². The van der Waals surface area contributed by atoms with Gasteiger partial charge in [-0.2, -0.15) is 0 Å². The number of carbonyl (C=O) groups excluding carboxylic acids is 2. The Morgan fingerprint density at radius 1 is 1.04 bits per heavy atom. The van der Waals surface area contributed by atoms with Gasteiger partial charge in [0, 0.05) is 5.69 Å². The lowest BCUT2D eigenvalue weighted by Gasteiger charge is -2.16. The molecule has 0 heterocycles. The average Bonchev–Trinajstić information content (AvgIpc) is 2.57. The molecule has 2 rings (SSSR count). The standard InChI is InChI=1S/C21H25NO3/c1-14-10-11-19(16(3)12-14)22-21(24)17(4)25-20(23)13-15(2)18-8-6-5-7-9-18/h5-12,15,17H,13H2,1-4H3,(H,22,24)/t15-,17+/m0/s1. The van der Waals surface area contributed by atoms with Gasteiger partial charge in [0.15, 0.2) is 6.10 Å². The number of esters is 1. The summed E-state index contributed by atoms with van der Waals surface area (Å²) in [6.07, 6.45) is -0.596. The SMILES string of the molecule is Cc1ccc(NC(=O)[C@@H](C)OC(=O)C[C@H](C)c2ccccc2)c(C)c1. The van der Waals surface area contributed by atoms with Gasteiger partial charge in [-0.3, -0.25) is 9.59 Å². The van der Waals surface area contributed by atoms with Crippen LogP contribution in [0.3, 0.4) is 0 Å². The number of ether oxygens (including phenoxy) is 1. The number of anilines is 1. The maximum absolute atomic E-state index is 12.3. The molecule has 0 unspecified atom stereocenters. The first-order chi connectivity index (χ1) is 11.9. The highest BCUT2D eigenvalue weighted by atomic mass is 16.5. The Kier molecular flexibility index (Phi) is 6.34. The van der Waals surface area contributed by atoms with Crippen molar-refractivity contribution in [2.45, 2.75) is 46.1 Å². The highest BCUT2D eigenvalue weighted by Crippen LogP contribution is 2.20. The zero-order valence-corrected chi connectivity index (χ0v) is 15.2. The molecule has 2 aromatic rings. The zero-order chi connectivity index (χ0) is 18.4. The first kappa shape index (κ1) is 18.7. The third-order valence-electron chi connectivity index (χ3n) is 4.16. The molecule has 0 saturated carbocycles. The van der Waals surface area contributed by atoms with E-state index in [0.29, 0.717) is 0 Å². The summed E-state index contributed by atoms with van der Waals surface area (Å²) in [5.41, 5.74) is 3.91. The van der Waals surface area contributed by atoms with E-state index in [-0.39, 0.29) is 24.2 Å². The molecule has 2 aromatic carbocycles. The molecule has 132 valence electrons. The van der Waals surface area contributed by atoms with Crippen molar-refractivity contribution in [1.82, 2.24) is 0 Å². The Balaban J connectivity index is 1.88. The third kappa shape index (κ3) is 5.45. The quantitative estimate of drug-likeness (QED) is 0.795. The summed E-state index contributed by atoms with van der Waals surface area (Å²) in [7, 11) is 0. The van der Waals surface area contributed by atoms with E-state index in [1.807, 2.05) is 69.3 Å². The number of rotatable bonds is 6. The van der Waals surface area contributed by atoms with Crippen LogP contribution in [0.2, 0.25) is 0 Å². The third-order valence-corrected chi connectivity index (χ3v) is 4.16. The fourth-order valence-corrected chi connectivity index (χ4v) is 2.64. The Hall–Kier alpha value is -2.62. The van der Waals surface area contributed by atoms with Crippen molar-refractivity contribution in [2.24, 2.45) is 0 Å². The van der Waals surface area contributed by atoms with Crippen LogP contribution in [0.15, 0.2) is 48.5 Å². The Labute approximate surface area is 149 Å². The topological polar surface area (TPSA) is 55.4 Å². The predicted molar refractivity (Wildman–Crippen MR) is 99.6 cm³/mol. The lowest BCUT2D eigenvalue weighted by molar-refractivity contribution is -0.153. The van der Waals surface area contributed by atoms with E-state index >= 15 is 0 Å². The molecule has 25 heavy (non-hydrogen) atoms. The van der Waals surface area contributed by atoms with Crippen molar-refractivity contribution in [3.05, 3.63) is 65.2 Å². The van der Waals surface area contributed by atoms with Gasteiger partial charge >= 0.3 is 5.97 Å². The molecule has 1 amide bonds. The molecular formula is C21H25NO3. The molecule has 0 aliphatic rings. The Morgan fingerprint density at radius 3 is 2.36 bits per heavy atom. The van der Waals surface area contributed by atoms with Crippen molar-refractivity contribution in [3.63, 3.8) is 0 Å². The van der Waals surface area contributed by atoms with Crippen molar-refractivity contribution < 1.29 is 14.3 Å². The van der Waals surface area contributed by atoms with Crippen LogP contribution < -0.4 is 5.32 Å². The molecular weight excluding hydrogens is 314 g/mol. The van der Waals surface area contributed by atoms with Crippen LogP contribution in [0.5, 0.6) is 0 Å². The second-order valence-electron chi connectivity index (χ2n) is 6.46. The summed E-state index contributed by atoms with van der Waals surface area (Å²) in [4.78, 5) is 24.4. The molecule has 0 radical (unpaired) electrons. The number of hydrogen-bond acceptors (Lipinski definition) is 3. The molecule has 0 aliphatic carbocycles. The minimum Gasteiger partial charge on any atom is -0.453 e. The van der Waals surface area contributed by atoms with Gasteiger partial charge < -0.3 is 10.1 Å². The Morgan fingerprint density at radius 2 is 1.72 bits per heavy atom. The van der Waals surface area contributed by atoms with Gasteiger partial charge in [-0.15, -0.1) is 0 Å². The molecule has 0 aromatic heterocycles. The van der Waals surface area contributed by atoms with Crippen molar-refractivity contribution >= 4 is 17.6 Å². The molecule has 0 saturated heterocycles. The lowest BCUT2D eigenvalue weighted by Crippen LogP contribution is -2.30. The van der Waals surface area contributed by atoms with Gasteiger partial charge in [0.1, 0.15) is 0 Å². The summed E-state index contributed by atoms with van der Waals surface area (Å²) in [5.74, 6) is -0.657. The molecule has 0 fully saturated rings. The maximum atomic E-state index is 12.3. The fraction of sp³-hybridized carbons (Fsp3) is 0.333. The summed E-state index contributed by atoms with van der Waals surface area (Å²) in [6.45, 7) is 7.48. The highest BCUT2D eigenvalue weighted by molar-refractivity contribution is 5.95. The second kappa shape index (κ2) is 8.47. The zero-order valence-electron chi connectivity index (χ0n) is 15.2. The largest absolute Gasteiger partial charge is 0.453 e. The van der Waals surface area contributed by atoms with Crippen molar-refractivity contribution in [3.8, 4) is 0 Å². The van der Waals surface area contributed by atoms with Gasteiger partial charge in [0.2, 0.25) is 0 Å². The number of amides is 1. The van der Waals surface area contributed by atoms with Gasteiger partial charge in [-0.05, 0) is 43.9 Å². The fourth-order valence-electron chi connectivity index (χ4n) is 2.64. The summed E-state index contributed by atoms with van der Waals surface area (Å²) in [5, 5.41) is 2.81. The van der Waals surface area contributed by atoms with E-state index in [2.05, 4.69) is 5.32 Å². The van der Waals surface area contributed by atoms with Gasteiger partial charge in [0.05, 0.1) is 6.42 Å². The summed E-state index contributed by atoms with van der Waals surface area (Å²) < 4.78 is 5.29. The first-order valence-corrected chi connectivity index (χ1v) is 8.49. The number of nitrogens with one attached hydrogen (secondary N) is 1. The predicted octanol–water partition coefficient (Wildman–Crippen LogP) is 4.37. The molecule has 0 bridgehead atoms.